The Balaban J connectivity index is 3.14. The van der Waals surface area contributed by atoms with Crippen molar-refractivity contribution in [3.05, 3.63) is 28.0 Å². The molecule has 0 fully saturated rings. The molecule has 1 heterocycles. The average molecular weight is 330 g/mol. The molecule has 0 aliphatic rings. The van der Waals surface area contributed by atoms with Crippen molar-refractivity contribution >= 4 is 27.9 Å². The lowest BCUT2D eigenvalue weighted by Gasteiger charge is -2.15. The minimum atomic E-state index is -1.16. The van der Waals surface area contributed by atoms with Crippen molar-refractivity contribution in [2.45, 2.75) is 26.7 Å². The number of hydrogen-bond acceptors (Lipinski definition) is 5. The summed E-state index contributed by atoms with van der Waals surface area (Å²) >= 11 is 3.31. The lowest BCUT2D eigenvalue weighted by molar-refractivity contribution is -0.157. The largest absolute Gasteiger partial charge is 0.465 e. The number of carbonyl (C=O) groups is 2. The Morgan fingerprint density at radius 3 is 2.21 bits per heavy atom. The van der Waals surface area contributed by atoms with Crippen LogP contribution in [0.25, 0.3) is 0 Å². The molecule has 0 aromatic carbocycles. The summed E-state index contributed by atoms with van der Waals surface area (Å²) in [6.45, 7) is 5.61. The molecule has 19 heavy (non-hydrogen) atoms. The predicted octanol–water partition coefficient (Wildman–Crippen LogP) is 2.36. The molecule has 0 aliphatic carbocycles. The molecular weight excluding hydrogens is 314 g/mol. The Morgan fingerprint density at radius 1 is 1.26 bits per heavy atom. The smallest absolute Gasteiger partial charge is 0.326 e. The van der Waals surface area contributed by atoms with Crippen LogP contribution < -0.4 is 0 Å². The van der Waals surface area contributed by atoms with Gasteiger partial charge in [-0.3, -0.25) is 14.6 Å². The second-order valence-electron chi connectivity index (χ2n) is 3.82. The van der Waals surface area contributed by atoms with Gasteiger partial charge in [0.15, 0.2) is 5.92 Å². The van der Waals surface area contributed by atoms with E-state index in [0.29, 0.717) is 10.2 Å². The highest BCUT2D eigenvalue weighted by atomic mass is 79.9. The second-order valence-corrected chi connectivity index (χ2v) is 4.67. The van der Waals surface area contributed by atoms with Crippen LogP contribution in [0.5, 0.6) is 0 Å². The highest BCUT2D eigenvalue weighted by Gasteiger charge is 2.34. The number of rotatable bonds is 5. The van der Waals surface area contributed by atoms with Gasteiger partial charge in [0.05, 0.1) is 18.9 Å². The first-order valence-corrected chi connectivity index (χ1v) is 6.75. The quantitative estimate of drug-likeness (QED) is 0.612. The van der Waals surface area contributed by atoms with Crippen molar-refractivity contribution < 1.29 is 19.1 Å². The normalized spacial score (nSPS) is 10.4. The number of aryl methyl sites for hydroxylation is 1. The Bertz CT molecular complexity index is 458. The third-order valence-corrected chi connectivity index (χ3v) is 2.96. The van der Waals surface area contributed by atoms with E-state index in [4.69, 9.17) is 9.47 Å². The van der Waals surface area contributed by atoms with E-state index in [-0.39, 0.29) is 13.2 Å². The van der Waals surface area contributed by atoms with Crippen LogP contribution in [-0.2, 0) is 19.1 Å². The lowest BCUT2D eigenvalue weighted by Crippen LogP contribution is -2.27. The van der Waals surface area contributed by atoms with Crippen LogP contribution in [0, 0.1) is 6.92 Å². The third-order valence-electron chi connectivity index (χ3n) is 2.32. The van der Waals surface area contributed by atoms with Crippen molar-refractivity contribution in [3.8, 4) is 0 Å². The van der Waals surface area contributed by atoms with Gasteiger partial charge in [-0.2, -0.15) is 0 Å². The molecule has 0 saturated heterocycles. The van der Waals surface area contributed by atoms with Crippen molar-refractivity contribution in [3.63, 3.8) is 0 Å². The monoisotopic (exact) mass is 329 g/mol. The van der Waals surface area contributed by atoms with Crippen molar-refractivity contribution in [1.29, 1.82) is 0 Å². The molecule has 0 aliphatic heterocycles. The van der Waals surface area contributed by atoms with E-state index in [1.54, 1.807) is 26.1 Å². The highest BCUT2D eigenvalue weighted by molar-refractivity contribution is 9.10. The van der Waals surface area contributed by atoms with E-state index in [0.717, 1.165) is 5.56 Å². The van der Waals surface area contributed by atoms with Gasteiger partial charge in [-0.25, -0.2) is 0 Å². The molecule has 0 spiro atoms. The fraction of sp³-hybridized carbons (Fsp3) is 0.462. The molecule has 0 N–H and O–H groups in total. The molecule has 0 radical (unpaired) electrons. The van der Waals surface area contributed by atoms with Crippen LogP contribution in [0.1, 0.15) is 31.0 Å². The lowest BCUT2D eigenvalue weighted by atomic mass is 10.0. The van der Waals surface area contributed by atoms with Gasteiger partial charge >= 0.3 is 11.9 Å². The Morgan fingerprint density at radius 2 is 1.79 bits per heavy atom. The molecule has 0 saturated carbocycles. The minimum absolute atomic E-state index is 0.193. The maximum atomic E-state index is 11.9. The number of carbonyl (C=O) groups excluding carboxylic acids is 2. The average Bonchev–Trinajstić information content (AvgIpc) is 2.33. The van der Waals surface area contributed by atoms with Crippen LogP contribution in [-0.4, -0.2) is 30.1 Å². The van der Waals surface area contributed by atoms with Crippen LogP contribution in [0.4, 0.5) is 0 Å². The maximum Gasteiger partial charge on any atom is 0.326 e. The molecule has 0 amide bonds. The van der Waals surface area contributed by atoms with Gasteiger partial charge in [0.25, 0.3) is 0 Å². The van der Waals surface area contributed by atoms with Gasteiger partial charge in [-0.05, 0) is 48.3 Å². The van der Waals surface area contributed by atoms with E-state index in [9.17, 15) is 9.59 Å². The molecule has 0 atom stereocenters. The van der Waals surface area contributed by atoms with Crippen LogP contribution in [0.2, 0.25) is 0 Å². The SMILES string of the molecule is CCOC(=O)C(C(=O)OCC)c1ncc(C)cc1Br. The van der Waals surface area contributed by atoms with Crippen LogP contribution >= 0.6 is 15.9 Å². The van der Waals surface area contributed by atoms with Crippen molar-refractivity contribution in [1.82, 2.24) is 4.98 Å². The zero-order valence-electron chi connectivity index (χ0n) is 11.1. The van der Waals surface area contributed by atoms with Gasteiger partial charge < -0.3 is 9.47 Å². The van der Waals surface area contributed by atoms with Gasteiger partial charge in [0, 0.05) is 10.7 Å². The molecule has 5 nitrogen and oxygen atoms in total. The zero-order valence-corrected chi connectivity index (χ0v) is 12.7. The van der Waals surface area contributed by atoms with Gasteiger partial charge in [-0.15, -0.1) is 0 Å². The van der Waals surface area contributed by atoms with E-state index >= 15 is 0 Å². The first-order valence-electron chi connectivity index (χ1n) is 5.96. The van der Waals surface area contributed by atoms with Gasteiger partial charge in [-0.1, -0.05) is 0 Å². The summed E-state index contributed by atoms with van der Waals surface area (Å²) in [4.78, 5) is 28.0. The number of nitrogens with zero attached hydrogens (tertiary/aromatic N) is 1. The summed E-state index contributed by atoms with van der Waals surface area (Å²) in [5.41, 5.74) is 1.23. The fourth-order valence-electron chi connectivity index (χ4n) is 1.53. The first kappa shape index (κ1) is 15.6. The third kappa shape index (κ3) is 4.02. The molecular formula is C13H16BrNO4. The summed E-state index contributed by atoms with van der Waals surface area (Å²) in [5, 5.41) is 0. The number of ether oxygens (including phenoxy) is 2. The summed E-state index contributed by atoms with van der Waals surface area (Å²) < 4.78 is 10.4. The number of hydrogen-bond donors (Lipinski definition) is 0. The van der Waals surface area contributed by atoms with Gasteiger partial charge in [0.2, 0.25) is 0 Å². The Kier molecular flexibility index (Phi) is 5.95. The molecule has 1 rings (SSSR count). The van der Waals surface area contributed by atoms with E-state index < -0.39 is 17.9 Å². The zero-order chi connectivity index (χ0) is 14.4. The maximum absolute atomic E-state index is 11.9. The number of pyridine rings is 1. The fourth-order valence-corrected chi connectivity index (χ4v) is 2.22. The number of esters is 2. The highest BCUT2D eigenvalue weighted by Crippen LogP contribution is 2.26. The minimum Gasteiger partial charge on any atom is -0.465 e. The van der Waals surface area contributed by atoms with Crippen molar-refractivity contribution in [2.75, 3.05) is 13.2 Å². The van der Waals surface area contributed by atoms with Crippen LogP contribution in [0.15, 0.2) is 16.7 Å². The summed E-state index contributed by atoms with van der Waals surface area (Å²) in [6.07, 6.45) is 1.59. The first-order chi connectivity index (χ1) is 9.01. The summed E-state index contributed by atoms with van der Waals surface area (Å²) in [5.74, 6) is -2.47. The Hall–Kier alpha value is -1.43. The predicted molar refractivity (Wildman–Crippen MR) is 72.7 cm³/mol. The Labute approximate surface area is 120 Å². The molecule has 0 bridgehead atoms. The summed E-state index contributed by atoms with van der Waals surface area (Å²) in [7, 11) is 0. The van der Waals surface area contributed by atoms with E-state index in [1.807, 2.05) is 6.92 Å². The summed E-state index contributed by atoms with van der Waals surface area (Å²) in [6, 6.07) is 1.79. The molecule has 0 unspecified atom stereocenters. The van der Waals surface area contributed by atoms with Gasteiger partial charge in [0.1, 0.15) is 0 Å². The molecule has 6 heteroatoms. The topological polar surface area (TPSA) is 65.5 Å². The number of halogens is 1. The molecule has 1 aromatic heterocycles. The number of aromatic nitrogens is 1. The molecule has 1 aromatic rings. The van der Waals surface area contributed by atoms with E-state index in [1.165, 1.54) is 0 Å². The van der Waals surface area contributed by atoms with E-state index in [2.05, 4.69) is 20.9 Å². The van der Waals surface area contributed by atoms with Crippen molar-refractivity contribution in [2.24, 2.45) is 0 Å². The standard InChI is InChI=1S/C13H16BrNO4/c1-4-18-12(16)10(13(17)19-5-2)11-9(14)6-8(3)7-15-11/h6-7,10H,4-5H2,1-3H3. The van der Waals surface area contributed by atoms with Crippen LogP contribution in [0.3, 0.4) is 0 Å². The molecule has 104 valence electrons. The second kappa shape index (κ2) is 7.23.